The van der Waals surface area contributed by atoms with Crippen LogP contribution in [-0.2, 0) is 0 Å². The summed E-state index contributed by atoms with van der Waals surface area (Å²) >= 11 is 2.10. The van der Waals surface area contributed by atoms with Crippen molar-refractivity contribution in [2.45, 2.75) is 6.92 Å². The lowest BCUT2D eigenvalue weighted by molar-refractivity contribution is 0.101. The molecule has 0 radical (unpaired) electrons. The number of Topliss-reactive ketones (excluding diaryl/α,β-unsaturated/α-hetero) is 1. The van der Waals surface area contributed by atoms with Crippen molar-refractivity contribution in [1.82, 2.24) is 0 Å². The Kier molecular flexibility index (Phi) is 2.97. The van der Waals surface area contributed by atoms with Crippen molar-refractivity contribution >= 4 is 34.7 Å². The molecule has 12 heavy (non-hydrogen) atoms. The van der Waals surface area contributed by atoms with Crippen molar-refractivity contribution in [2.75, 3.05) is 0 Å². The minimum absolute atomic E-state index is 0.0755. The number of hydrogen-bond acceptors (Lipinski definition) is 2. The van der Waals surface area contributed by atoms with E-state index >= 15 is 0 Å². The number of carbonyl (C=O) groups excluding carboxylic acids is 2. The Labute approximate surface area is 84.1 Å². The lowest BCUT2D eigenvalue weighted by atomic mass is 10.1. The molecule has 3 heteroatoms. The molecule has 0 aliphatic carbocycles. The predicted molar refractivity (Wildman–Crippen MR) is 54.6 cm³/mol. The second-order valence-electron chi connectivity index (χ2n) is 2.41. The SMILES string of the molecule is CC(=O)c1ccc(I)cc1C=O. The molecular formula is C9H7IO2. The molecule has 0 saturated heterocycles. The first-order chi connectivity index (χ1) is 5.65. The van der Waals surface area contributed by atoms with E-state index in [1.807, 2.05) is 6.07 Å². The summed E-state index contributed by atoms with van der Waals surface area (Å²) in [5, 5.41) is 0. The van der Waals surface area contributed by atoms with E-state index in [1.165, 1.54) is 6.92 Å². The van der Waals surface area contributed by atoms with Crippen LogP contribution < -0.4 is 0 Å². The van der Waals surface area contributed by atoms with Gasteiger partial charge in [0, 0.05) is 14.7 Å². The van der Waals surface area contributed by atoms with Crippen LogP contribution in [0.3, 0.4) is 0 Å². The Morgan fingerprint density at radius 3 is 2.67 bits per heavy atom. The van der Waals surface area contributed by atoms with E-state index in [0.29, 0.717) is 17.4 Å². The van der Waals surface area contributed by atoms with Gasteiger partial charge in [-0.2, -0.15) is 0 Å². The third-order valence-electron chi connectivity index (χ3n) is 1.52. The van der Waals surface area contributed by atoms with E-state index < -0.39 is 0 Å². The maximum Gasteiger partial charge on any atom is 0.160 e. The van der Waals surface area contributed by atoms with E-state index in [4.69, 9.17) is 0 Å². The number of aldehydes is 1. The molecule has 0 aliphatic rings. The molecule has 0 unspecified atom stereocenters. The van der Waals surface area contributed by atoms with Crippen LogP contribution in [0.25, 0.3) is 0 Å². The van der Waals surface area contributed by atoms with Gasteiger partial charge in [-0.25, -0.2) is 0 Å². The molecule has 0 aromatic heterocycles. The molecule has 0 saturated carbocycles. The zero-order valence-corrected chi connectivity index (χ0v) is 8.66. The summed E-state index contributed by atoms with van der Waals surface area (Å²) < 4.78 is 0.958. The van der Waals surface area contributed by atoms with Crippen molar-refractivity contribution < 1.29 is 9.59 Å². The summed E-state index contributed by atoms with van der Waals surface area (Å²) in [5.41, 5.74) is 0.958. The topological polar surface area (TPSA) is 34.1 Å². The molecule has 0 spiro atoms. The fraction of sp³-hybridized carbons (Fsp3) is 0.111. The highest BCUT2D eigenvalue weighted by atomic mass is 127. The number of rotatable bonds is 2. The summed E-state index contributed by atoms with van der Waals surface area (Å²) in [5.74, 6) is -0.0755. The van der Waals surface area contributed by atoms with Gasteiger partial charge in [0.05, 0.1) is 0 Å². The van der Waals surface area contributed by atoms with Gasteiger partial charge in [0.25, 0.3) is 0 Å². The van der Waals surface area contributed by atoms with Gasteiger partial charge in [-0.3, -0.25) is 9.59 Å². The van der Waals surface area contributed by atoms with Gasteiger partial charge in [-0.15, -0.1) is 0 Å². The fourth-order valence-corrected chi connectivity index (χ4v) is 1.47. The molecular weight excluding hydrogens is 267 g/mol. The fourth-order valence-electron chi connectivity index (χ4n) is 0.952. The standard InChI is InChI=1S/C9H7IO2/c1-6(12)9-3-2-8(10)4-7(9)5-11/h2-5H,1H3. The van der Waals surface area contributed by atoms with Crippen LogP contribution in [0.2, 0.25) is 0 Å². The van der Waals surface area contributed by atoms with Crippen LogP contribution in [0, 0.1) is 3.57 Å². The molecule has 0 heterocycles. The van der Waals surface area contributed by atoms with Gasteiger partial charge >= 0.3 is 0 Å². The number of ketones is 1. The molecule has 0 bridgehead atoms. The summed E-state index contributed by atoms with van der Waals surface area (Å²) in [6, 6.07) is 5.18. The maximum atomic E-state index is 11.0. The van der Waals surface area contributed by atoms with E-state index in [-0.39, 0.29) is 5.78 Å². The first kappa shape index (κ1) is 9.38. The number of halogens is 1. The van der Waals surface area contributed by atoms with Crippen molar-refractivity contribution in [3.05, 3.63) is 32.9 Å². The van der Waals surface area contributed by atoms with Gasteiger partial charge < -0.3 is 0 Å². The zero-order chi connectivity index (χ0) is 9.14. The summed E-state index contributed by atoms with van der Waals surface area (Å²) in [6.07, 6.45) is 0.707. The van der Waals surface area contributed by atoms with Crippen LogP contribution >= 0.6 is 22.6 Å². The number of benzene rings is 1. The quantitative estimate of drug-likeness (QED) is 0.471. The van der Waals surface area contributed by atoms with Gasteiger partial charge in [-0.05, 0) is 47.7 Å². The van der Waals surface area contributed by atoms with Crippen LogP contribution in [0.1, 0.15) is 27.6 Å². The Morgan fingerprint density at radius 1 is 1.50 bits per heavy atom. The van der Waals surface area contributed by atoms with Gasteiger partial charge in [0.15, 0.2) is 12.1 Å². The van der Waals surface area contributed by atoms with E-state index in [9.17, 15) is 9.59 Å². The summed E-state index contributed by atoms with van der Waals surface area (Å²) in [4.78, 5) is 21.5. The van der Waals surface area contributed by atoms with E-state index in [0.717, 1.165) is 3.57 Å². The molecule has 62 valence electrons. The highest BCUT2D eigenvalue weighted by Crippen LogP contribution is 2.12. The van der Waals surface area contributed by atoms with Crippen molar-refractivity contribution in [1.29, 1.82) is 0 Å². The largest absolute Gasteiger partial charge is 0.298 e. The van der Waals surface area contributed by atoms with Crippen LogP contribution in [0.15, 0.2) is 18.2 Å². The molecule has 0 fully saturated rings. The lowest BCUT2D eigenvalue weighted by Gasteiger charge is -1.99. The minimum atomic E-state index is -0.0755. The van der Waals surface area contributed by atoms with Gasteiger partial charge in [-0.1, -0.05) is 0 Å². The van der Waals surface area contributed by atoms with E-state index in [2.05, 4.69) is 22.6 Å². The maximum absolute atomic E-state index is 11.0. The van der Waals surface area contributed by atoms with Crippen LogP contribution in [-0.4, -0.2) is 12.1 Å². The highest BCUT2D eigenvalue weighted by Gasteiger charge is 2.05. The lowest BCUT2D eigenvalue weighted by Crippen LogP contribution is -1.98. The smallest absolute Gasteiger partial charge is 0.160 e. The van der Waals surface area contributed by atoms with Crippen LogP contribution in [0.5, 0.6) is 0 Å². The Morgan fingerprint density at radius 2 is 2.17 bits per heavy atom. The molecule has 0 N–H and O–H groups in total. The monoisotopic (exact) mass is 274 g/mol. The zero-order valence-electron chi connectivity index (χ0n) is 6.50. The highest BCUT2D eigenvalue weighted by molar-refractivity contribution is 14.1. The van der Waals surface area contributed by atoms with Gasteiger partial charge in [0.2, 0.25) is 0 Å². The normalized spacial score (nSPS) is 9.50. The Balaban J connectivity index is 3.29. The molecule has 0 atom stereocenters. The minimum Gasteiger partial charge on any atom is -0.298 e. The predicted octanol–water partition coefficient (Wildman–Crippen LogP) is 2.31. The third-order valence-corrected chi connectivity index (χ3v) is 2.19. The first-order valence-electron chi connectivity index (χ1n) is 3.41. The Hall–Kier alpha value is -0.710. The third kappa shape index (κ3) is 1.91. The van der Waals surface area contributed by atoms with E-state index in [1.54, 1.807) is 12.1 Å². The number of hydrogen-bond donors (Lipinski definition) is 0. The van der Waals surface area contributed by atoms with Crippen molar-refractivity contribution in [2.24, 2.45) is 0 Å². The van der Waals surface area contributed by atoms with Crippen molar-refractivity contribution in [3.63, 3.8) is 0 Å². The second-order valence-corrected chi connectivity index (χ2v) is 3.65. The molecule has 1 rings (SSSR count). The molecule has 2 nitrogen and oxygen atoms in total. The molecule has 1 aromatic carbocycles. The molecule has 0 aliphatic heterocycles. The average molecular weight is 274 g/mol. The van der Waals surface area contributed by atoms with Crippen LogP contribution in [0.4, 0.5) is 0 Å². The van der Waals surface area contributed by atoms with Gasteiger partial charge in [0.1, 0.15) is 0 Å². The molecule has 0 amide bonds. The van der Waals surface area contributed by atoms with Crippen molar-refractivity contribution in [3.8, 4) is 0 Å². The first-order valence-corrected chi connectivity index (χ1v) is 4.48. The second kappa shape index (κ2) is 3.80. The number of carbonyl (C=O) groups is 2. The Bertz CT molecular complexity index is 331. The summed E-state index contributed by atoms with van der Waals surface area (Å²) in [7, 11) is 0. The molecule has 1 aromatic rings. The average Bonchev–Trinajstić information content (AvgIpc) is 2.03. The summed E-state index contributed by atoms with van der Waals surface area (Å²) in [6.45, 7) is 1.45.